The summed E-state index contributed by atoms with van der Waals surface area (Å²) in [6.07, 6.45) is 3.77. The number of thioether (sulfide) groups is 1. The van der Waals surface area contributed by atoms with Gasteiger partial charge in [-0.25, -0.2) is 9.37 Å². The summed E-state index contributed by atoms with van der Waals surface area (Å²) >= 11 is 1.49. The lowest BCUT2D eigenvalue weighted by molar-refractivity contribution is -0.142. The molecule has 0 saturated heterocycles. The molecule has 140 valence electrons. The van der Waals surface area contributed by atoms with E-state index in [1.54, 1.807) is 31.5 Å². The highest BCUT2D eigenvalue weighted by Gasteiger charge is 2.18. The quantitative estimate of drug-likeness (QED) is 0.447. The number of halogens is 1. The lowest BCUT2D eigenvalue weighted by Gasteiger charge is -2.07. The third-order valence-corrected chi connectivity index (χ3v) is 5.00. The van der Waals surface area contributed by atoms with Crippen LogP contribution >= 0.6 is 11.8 Å². The number of hydrogen-bond donors (Lipinski definition) is 0. The Morgan fingerprint density at radius 1 is 1.15 bits per heavy atom. The van der Waals surface area contributed by atoms with E-state index in [-0.39, 0.29) is 11.8 Å². The van der Waals surface area contributed by atoms with Crippen molar-refractivity contribution in [2.24, 2.45) is 7.05 Å². The fourth-order valence-electron chi connectivity index (χ4n) is 2.72. The van der Waals surface area contributed by atoms with Crippen molar-refractivity contribution in [3.63, 3.8) is 0 Å². The second kappa shape index (κ2) is 8.81. The number of rotatable bonds is 7. The molecule has 5 nitrogen and oxygen atoms in total. The number of esters is 1. The standard InChI is InChI=1S/C20H20FN3O2S/c1-3-26-17(25)10-13-27-20-23-18(14-4-6-16(21)7-5-14)19(24(20)2)15-8-11-22-12-9-15/h4-9,11-12H,3,10,13H2,1-2H3. The molecule has 0 radical (unpaired) electrons. The van der Waals surface area contributed by atoms with Crippen LogP contribution < -0.4 is 0 Å². The zero-order chi connectivity index (χ0) is 19.2. The molecule has 0 fully saturated rings. The first-order valence-corrected chi connectivity index (χ1v) is 9.60. The summed E-state index contributed by atoms with van der Waals surface area (Å²) in [5.74, 6) is 0.0685. The van der Waals surface area contributed by atoms with Crippen LogP contribution in [0.2, 0.25) is 0 Å². The van der Waals surface area contributed by atoms with Crippen molar-refractivity contribution >= 4 is 17.7 Å². The number of pyridine rings is 1. The Kier molecular flexibility index (Phi) is 6.24. The van der Waals surface area contributed by atoms with Crippen LogP contribution in [-0.2, 0) is 16.6 Å². The van der Waals surface area contributed by atoms with Gasteiger partial charge in [-0.1, -0.05) is 11.8 Å². The predicted octanol–water partition coefficient (Wildman–Crippen LogP) is 4.33. The summed E-state index contributed by atoms with van der Waals surface area (Å²) in [5.41, 5.74) is 3.48. The summed E-state index contributed by atoms with van der Waals surface area (Å²) in [4.78, 5) is 20.4. The summed E-state index contributed by atoms with van der Waals surface area (Å²) in [7, 11) is 1.93. The Morgan fingerprint density at radius 2 is 1.85 bits per heavy atom. The fraction of sp³-hybridized carbons (Fsp3) is 0.250. The van der Waals surface area contributed by atoms with Crippen LogP contribution in [0.4, 0.5) is 4.39 Å². The van der Waals surface area contributed by atoms with Crippen LogP contribution in [0.15, 0.2) is 53.9 Å². The Bertz CT molecular complexity index is 911. The number of aromatic nitrogens is 3. The van der Waals surface area contributed by atoms with Gasteiger partial charge in [0.05, 0.1) is 24.4 Å². The van der Waals surface area contributed by atoms with Gasteiger partial charge in [0.15, 0.2) is 5.16 Å². The number of hydrogen-bond acceptors (Lipinski definition) is 5. The molecule has 7 heteroatoms. The number of nitrogens with zero attached hydrogens (tertiary/aromatic N) is 3. The highest BCUT2D eigenvalue weighted by atomic mass is 32.2. The van der Waals surface area contributed by atoms with Crippen molar-refractivity contribution in [3.05, 3.63) is 54.6 Å². The molecule has 0 atom stereocenters. The third kappa shape index (κ3) is 4.54. The normalized spacial score (nSPS) is 10.8. The van der Waals surface area contributed by atoms with Crippen molar-refractivity contribution < 1.29 is 13.9 Å². The van der Waals surface area contributed by atoms with Crippen molar-refractivity contribution in [1.82, 2.24) is 14.5 Å². The van der Waals surface area contributed by atoms with E-state index in [0.29, 0.717) is 18.8 Å². The molecule has 0 unspecified atom stereocenters. The molecule has 0 bridgehead atoms. The SMILES string of the molecule is CCOC(=O)CCSc1nc(-c2ccc(F)cc2)c(-c2ccncc2)n1C. The molecule has 0 saturated carbocycles. The number of benzene rings is 1. The fourth-order valence-corrected chi connectivity index (χ4v) is 3.61. The Balaban J connectivity index is 1.94. The van der Waals surface area contributed by atoms with Gasteiger partial charge >= 0.3 is 5.97 Å². The first-order valence-electron chi connectivity index (χ1n) is 8.61. The number of imidazole rings is 1. The second-order valence-electron chi connectivity index (χ2n) is 5.80. The summed E-state index contributed by atoms with van der Waals surface area (Å²) in [5, 5.41) is 0.783. The maximum Gasteiger partial charge on any atom is 0.306 e. The lowest BCUT2D eigenvalue weighted by atomic mass is 10.1. The van der Waals surface area contributed by atoms with Crippen molar-refractivity contribution in [2.45, 2.75) is 18.5 Å². The zero-order valence-corrected chi connectivity index (χ0v) is 16.0. The van der Waals surface area contributed by atoms with Gasteiger partial charge in [-0.05, 0) is 43.3 Å². The molecule has 2 aromatic heterocycles. The molecule has 0 aliphatic rings. The highest BCUT2D eigenvalue weighted by molar-refractivity contribution is 7.99. The molecular formula is C20H20FN3O2S. The Hall–Kier alpha value is -2.67. The Labute approximate surface area is 161 Å². The summed E-state index contributed by atoms with van der Waals surface area (Å²) in [6.45, 7) is 2.17. The van der Waals surface area contributed by atoms with E-state index in [9.17, 15) is 9.18 Å². The number of carbonyl (C=O) groups excluding carboxylic acids is 1. The van der Waals surface area contributed by atoms with Crippen LogP contribution in [0, 0.1) is 5.82 Å². The average Bonchev–Trinajstić information content (AvgIpc) is 3.00. The molecule has 0 amide bonds. The van der Waals surface area contributed by atoms with Gasteiger partial charge in [-0.2, -0.15) is 0 Å². The van der Waals surface area contributed by atoms with Gasteiger partial charge in [-0.3, -0.25) is 9.78 Å². The molecule has 0 aliphatic carbocycles. The van der Waals surface area contributed by atoms with E-state index in [1.165, 1.54) is 23.9 Å². The largest absolute Gasteiger partial charge is 0.466 e. The van der Waals surface area contributed by atoms with Gasteiger partial charge in [0.25, 0.3) is 0 Å². The third-order valence-electron chi connectivity index (χ3n) is 3.97. The van der Waals surface area contributed by atoms with Gasteiger partial charge in [0.1, 0.15) is 5.82 Å². The number of carbonyl (C=O) groups is 1. The monoisotopic (exact) mass is 385 g/mol. The molecule has 3 aromatic rings. The second-order valence-corrected chi connectivity index (χ2v) is 6.86. The maximum atomic E-state index is 13.3. The van der Waals surface area contributed by atoms with E-state index in [1.807, 2.05) is 23.7 Å². The number of ether oxygens (including phenoxy) is 1. The molecular weight excluding hydrogens is 365 g/mol. The van der Waals surface area contributed by atoms with Crippen molar-refractivity contribution in [1.29, 1.82) is 0 Å². The van der Waals surface area contributed by atoms with E-state index >= 15 is 0 Å². The molecule has 0 N–H and O–H groups in total. The van der Waals surface area contributed by atoms with E-state index in [4.69, 9.17) is 9.72 Å². The lowest BCUT2D eigenvalue weighted by Crippen LogP contribution is -2.05. The molecule has 0 spiro atoms. The smallest absolute Gasteiger partial charge is 0.306 e. The average molecular weight is 385 g/mol. The minimum atomic E-state index is -0.288. The highest BCUT2D eigenvalue weighted by Crippen LogP contribution is 2.35. The van der Waals surface area contributed by atoms with Gasteiger partial charge in [0, 0.05) is 36.3 Å². The minimum Gasteiger partial charge on any atom is -0.466 e. The van der Waals surface area contributed by atoms with Gasteiger partial charge in [-0.15, -0.1) is 0 Å². The van der Waals surface area contributed by atoms with Crippen molar-refractivity contribution in [2.75, 3.05) is 12.4 Å². The van der Waals surface area contributed by atoms with Crippen LogP contribution in [0.1, 0.15) is 13.3 Å². The summed E-state index contributed by atoms with van der Waals surface area (Å²) < 4.78 is 20.3. The van der Waals surface area contributed by atoms with E-state index in [2.05, 4.69) is 4.98 Å². The molecule has 0 aliphatic heterocycles. The minimum absolute atomic E-state index is 0.215. The first-order chi connectivity index (χ1) is 13.1. The molecule has 1 aromatic carbocycles. The maximum absolute atomic E-state index is 13.3. The topological polar surface area (TPSA) is 57.0 Å². The molecule has 27 heavy (non-hydrogen) atoms. The van der Waals surface area contributed by atoms with Crippen molar-refractivity contribution in [3.8, 4) is 22.5 Å². The first kappa shape index (κ1) is 19.1. The van der Waals surface area contributed by atoms with Crippen LogP contribution in [0.25, 0.3) is 22.5 Å². The van der Waals surface area contributed by atoms with E-state index in [0.717, 1.165) is 27.7 Å². The van der Waals surface area contributed by atoms with Gasteiger partial charge < -0.3 is 9.30 Å². The predicted molar refractivity (Wildman–Crippen MR) is 104 cm³/mol. The Morgan fingerprint density at radius 3 is 2.52 bits per heavy atom. The van der Waals surface area contributed by atoms with Crippen LogP contribution in [-0.4, -0.2) is 32.9 Å². The zero-order valence-electron chi connectivity index (χ0n) is 15.2. The van der Waals surface area contributed by atoms with Crippen LogP contribution in [0.5, 0.6) is 0 Å². The van der Waals surface area contributed by atoms with E-state index < -0.39 is 0 Å². The van der Waals surface area contributed by atoms with Crippen LogP contribution in [0.3, 0.4) is 0 Å². The molecule has 3 rings (SSSR count). The molecule has 2 heterocycles. The summed E-state index contributed by atoms with van der Waals surface area (Å²) in [6, 6.07) is 10.1. The van der Waals surface area contributed by atoms with Gasteiger partial charge in [0.2, 0.25) is 0 Å².